The molecule has 5 nitrogen and oxygen atoms in total. The van der Waals surface area contributed by atoms with Crippen molar-refractivity contribution in [1.29, 1.82) is 0 Å². The highest BCUT2D eigenvalue weighted by molar-refractivity contribution is 5.98. The fraction of sp³-hybridized carbons (Fsp3) is 0.115. The fourth-order valence-electron chi connectivity index (χ4n) is 3.36. The molecule has 0 bridgehead atoms. The molecule has 31 heavy (non-hydrogen) atoms. The van der Waals surface area contributed by atoms with Gasteiger partial charge in [0.25, 0.3) is 0 Å². The minimum absolute atomic E-state index is 0.155. The smallest absolute Gasteiger partial charge is 0.335 e. The summed E-state index contributed by atoms with van der Waals surface area (Å²) in [6, 6.07) is 26.2. The first kappa shape index (κ1) is 20.3. The summed E-state index contributed by atoms with van der Waals surface area (Å²) in [4.78, 5) is 11.7. The van der Waals surface area contributed by atoms with Crippen LogP contribution in [0.1, 0.15) is 21.5 Å². The molecule has 1 N–H and O–H groups in total. The molecule has 156 valence electrons. The molecule has 0 aliphatic rings. The summed E-state index contributed by atoms with van der Waals surface area (Å²) in [7, 11) is 1.61. The Morgan fingerprint density at radius 2 is 1.58 bits per heavy atom. The van der Waals surface area contributed by atoms with Crippen LogP contribution >= 0.6 is 0 Å². The highest BCUT2D eigenvalue weighted by atomic mass is 16.5. The number of para-hydroxylation sites is 1. The number of carbonyl (C=O) groups is 1. The van der Waals surface area contributed by atoms with Crippen molar-refractivity contribution in [2.75, 3.05) is 7.11 Å². The largest absolute Gasteiger partial charge is 0.496 e. The molecule has 0 unspecified atom stereocenters. The highest BCUT2D eigenvalue weighted by Gasteiger charge is 2.12. The number of methoxy groups -OCH3 is 1. The van der Waals surface area contributed by atoms with Gasteiger partial charge in [0.05, 0.1) is 12.7 Å². The van der Waals surface area contributed by atoms with Crippen molar-refractivity contribution in [3.8, 4) is 17.2 Å². The second-order valence-corrected chi connectivity index (χ2v) is 7.04. The number of carboxylic acid groups (broad SMARTS) is 1. The predicted molar refractivity (Wildman–Crippen MR) is 119 cm³/mol. The molecular formula is C26H22O5. The summed E-state index contributed by atoms with van der Waals surface area (Å²) in [5, 5.41) is 11.1. The summed E-state index contributed by atoms with van der Waals surface area (Å²) in [6.07, 6.45) is 0. The fourth-order valence-corrected chi connectivity index (χ4v) is 3.36. The maximum atomic E-state index is 11.7. The summed E-state index contributed by atoms with van der Waals surface area (Å²) in [5.74, 6) is 0.863. The monoisotopic (exact) mass is 414 g/mol. The van der Waals surface area contributed by atoms with Crippen molar-refractivity contribution in [1.82, 2.24) is 0 Å². The van der Waals surface area contributed by atoms with E-state index in [0.717, 1.165) is 27.6 Å². The number of benzene rings is 4. The molecule has 0 spiro atoms. The minimum Gasteiger partial charge on any atom is -0.496 e. The van der Waals surface area contributed by atoms with Gasteiger partial charge in [0.1, 0.15) is 30.5 Å². The van der Waals surface area contributed by atoms with Crippen molar-refractivity contribution < 1.29 is 24.1 Å². The molecule has 0 aliphatic carbocycles. The third-order valence-electron chi connectivity index (χ3n) is 4.96. The zero-order valence-electron chi connectivity index (χ0n) is 17.1. The van der Waals surface area contributed by atoms with Crippen molar-refractivity contribution >= 4 is 16.7 Å². The van der Waals surface area contributed by atoms with Crippen LogP contribution in [0.4, 0.5) is 0 Å². The Morgan fingerprint density at radius 3 is 2.35 bits per heavy atom. The van der Waals surface area contributed by atoms with E-state index in [0.29, 0.717) is 18.1 Å². The van der Waals surface area contributed by atoms with Crippen LogP contribution in [0.3, 0.4) is 0 Å². The lowest BCUT2D eigenvalue weighted by molar-refractivity contribution is 0.0696. The van der Waals surface area contributed by atoms with Gasteiger partial charge in [0.15, 0.2) is 0 Å². The van der Waals surface area contributed by atoms with Gasteiger partial charge < -0.3 is 19.3 Å². The molecule has 0 amide bonds. The van der Waals surface area contributed by atoms with Crippen LogP contribution in [0.2, 0.25) is 0 Å². The quantitative estimate of drug-likeness (QED) is 0.400. The number of rotatable bonds is 8. The van der Waals surface area contributed by atoms with Gasteiger partial charge in [-0.05, 0) is 47.3 Å². The van der Waals surface area contributed by atoms with Gasteiger partial charge in [-0.1, -0.05) is 48.5 Å². The van der Waals surface area contributed by atoms with Gasteiger partial charge >= 0.3 is 5.97 Å². The van der Waals surface area contributed by atoms with Crippen LogP contribution in [0, 0.1) is 0 Å². The first-order valence-corrected chi connectivity index (χ1v) is 9.86. The molecule has 0 saturated heterocycles. The zero-order valence-corrected chi connectivity index (χ0v) is 17.1. The Balaban J connectivity index is 1.62. The van der Waals surface area contributed by atoms with Gasteiger partial charge in [-0.2, -0.15) is 0 Å². The SMILES string of the molecule is COc1ccccc1COc1cc(C(=O)O)cc2cc(OCc3ccccc3)ccc12. The lowest BCUT2D eigenvalue weighted by atomic mass is 10.1. The van der Waals surface area contributed by atoms with Crippen molar-refractivity contribution in [3.05, 3.63) is 102 Å². The van der Waals surface area contributed by atoms with Gasteiger partial charge in [0.2, 0.25) is 0 Å². The second kappa shape index (κ2) is 9.22. The van der Waals surface area contributed by atoms with E-state index >= 15 is 0 Å². The molecule has 0 atom stereocenters. The second-order valence-electron chi connectivity index (χ2n) is 7.04. The van der Waals surface area contributed by atoms with Crippen LogP contribution in [0.25, 0.3) is 10.8 Å². The summed E-state index contributed by atoms with van der Waals surface area (Å²) < 4.78 is 17.3. The number of hydrogen-bond donors (Lipinski definition) is 1. The van der Waals surface area contributed by atoms with E-state index in [2.05, 4.69) is 0 Å². The van der Waals surface area contributed by atoms with Crippen molar-refractivity contribution in [2.24, 2.45) is 0 Å². The Labute approximate surface area is 180 Å². The maximum Gasteiger partial charge on any atom is 0.335 e. The Kier molecular flexibility index (Phi) is 6.03. The average molecular weight is 414 g/mol. The third-order valence-corrected chi connectivity index (χ3v) is 4.96. The first-order valence-electron chi connectivity index (χ1n) is 9.86. The van der Waals surface area contributed by atoms with E-state index < -0.39 is 5.97 Å². The topological polar surface area (TPSA) is 65.0 Å². The van der Waals surface area contributed by atoms with E-state index in [1.807, 2.05) is 72.8 Å². The predicted octanol–water partition coefficient (Wildman–Crippen LogP) is 5.70. The number of ether oxygens (including phenoxy) is 3. The van der Waals surface area contributed by atoms with Gasteiger partial charge in [-0.3, -0.25) is 0 Å². The van der Waals surface area contributed by atoms with Gasteiger partial charge in [-0.25, -0.2) is 4.79 Å². The lowest BCUT2D eigenvalue weighted by Crippen LogP contribution is -2.02. The molecule has 0 aliphatic heterocycles. The van der Waals surface area contributed by atoms with Crippen LogP contribution in [-0.4, -0.2) is 18.2 Å². The summed E-state index contributed by atoms with van der Waals surface area (Å²) in [6.45, 7) is 0.691. The highest BCUT2D eigenvalue weighted by Crippen LogP contribution is 2.32. The molecule has 4 rings (SSSR count). The van der Waals surface area contributed by atoms with Crippen LogP contribution in [0.5, 0.6) is 17.2 Å². The lowest BCUT2D eigenvalue weighted by Gasteiger charge is -2.14. The van der Waals surface area contributed by atoms with E-state index in [9.17, 15) is 9.90 Å². The van der Waals surface area contributed by atoms with E-state index in [1.54, 1.807) is 19.2 Å². The standard InChI is InChI=1S/C26H22O5/c1-29-24-10-6-5-9-19(24)17-31-25-15-21(26(27)28)13-20-14-22(11-12-23(20)25)30-16-18-7-3-2-4-8-18/h2-15H,16-17H2,1H3,(H,27,28). The van der Waals surface area contributed by atoms with Crippen molar-refractivity contribution in [2.45, 2.75) is 13.2 Å². The Hall–Kier alpha value is -3.99. The van der Waals surface area contributed by atoms with Crippen LogP contribution in [0.15, 0.2) is 84.9 Å². The summed E-state index contributed by atoms with van der Waals surface area (Å²) >= 11 is 0. The molecule has 0 saturated carbocycles. The molecule has 0 fully saturated rings. The molecule has 0 aromatic heterocycles. The minimum atomic E-state index is -1.01. The Morgan fingerprint density at radius 1 is 0.806 bits per heavy atom. The number of fused-ring (bicyclic) bond motifs is 1. The Bertz CT molecular complexity index is 1200. The molecule has 0 heterocycles. The normalized spacial score (nSPS) is 10.6. The zero-order chi connectivity index (χ0) is 21.6. The van der Waals surface area contributed by atoms with E-state index in [-0.39, 0.29) is 12.2 Å². The van der Waals surface area contributed by atoms with Crippen molar-refractivity contribution in [3.63, 3.8) is 0 Å². The number of aromatic carboxylic acids is 1. The molecule has 5 heteroatoms. The molecule has 4 aromatic rings. The van der Waals surface area contributed by atoms with Crippen LogP contribution in [-0.2, 0) is 13.2 Å². The van der Waals surface area contributed by atoms with Gasteiger partial charge in [-0.15, -0.1) is 0 Å². The summed E-state index contributed by atoms with van der Waals surface area (Å²) in [5.41, 5.74) is 2.09. The van der Waals surface area contributed by atoms with Gasteiger partial charge in [0, 0.05) is 10.9 Å². The maximum absolute atomic E-state index is 11.7. The number of hydrogen-bond acceptors (Lipinski definition) is 4. The number of carboxylic acids is 1. The molecule has 4 aromatic carbocycles. The first-order chi connectivity index (χ1) is 15.1. The average Bonchev–Trinajstić information content (AvgIpc) is 2.81. The van der Waals surface area contributed by atoms with Crippen LogP contribution < -0.4 is 14.2 Å². The van der Waals surface area contributed by atoms with E-state index in [4.69, 9.17) is 14.2 Å². The third kappa shape index (κ3) is 4.78. The van der Waals surface area contributed by atoms with E-state index in [1.165, 1.54) is 0 Å². The molecule has 0 radical (unpaired) electrons. The molecular weight excluding hydrogens is 392 g/mol.